The number of rotatable bonds is 7. The molecule has 0 saturated heterocycles. The number of carbonyl (C=O) groups excluding carboxylic acids is 1. The van der Waals surface area contributed by atoms with E-state index in [0.29, 0.717) is 30.8 Å². The molecule has 4 rings (SSSR count). The molecule has 0 aliphatic carbocycles. The summed E-state index contributed by atoms with van der Waals surface area (Å²) in [4.78, 5) is 12.3. The minimum absolute atomic E-state index is 0.0134. The van der Waals surface area contributed by atoms with E-state index in [1.807, 2.05) is 60.7 Å². The van der Waals surface area contributed by atoms with Crippen LogP contribution in [0.1, 0.15) is 16.8 Å². The van der Waals surface area contributed by atoms with Gasteiger partial charge in [-0.25, -0.2) is 0 Å². The zero-order chi connectivity index (χ0) is 20.8. The van der Waals surface area contributed by atoms with Crippen molar-refractivity contribution in [1.82, 2.24) is 4.57 Å². The standard InChI is InChI=1S/C24H21N3O3/c28-23(18-10-3-1-4-11-18)26-25-22-20-14-7-8-15-21(20)27(24(22)29)16-9-17-30-19-12-5-2-6-13-19/h1-8,10-15,29H,9,16-17H2. The molecule has 0 bridgehead atoms. The highest BCUT2D eigenvalue weighted by molar-refractivity contribution is 5.97. The van der Waals surface area contributed by atoms with Crippen molar-refractivity contribution in [3.05, 3.63) is 90.5 Å². The highest BCUT2D eigenvalue weighted by Crippen LogP contribution is 2.39. The van der Waals surface area contributed by atoms with Crippen LogP contribution in [0.5, 0.6) is 11.6 Å². The molecule has 0 fully saturated rings. The summed E-state index contributed by atoms with van der Waals surface area (Å²) in [7, 11) is 0. The van der Waals surface area contributed by atoms with Crippen LogP contribution < -0.4 is 4.74 Å². The van der Waals surface area contributed by atoms with Gasteiger partial charge in [-0.05, 0) is 36.8 Å². The summed E-state index contributed by atoms with van der Waals surface area (Å²) in [5.41, 5.74) is 1.57. The second-order valence-electron chi connectivity index (χ2n) is 6.73. The Labute approximate surface area is 174 Å². The molecule has 4 aromatic rings. The van der Waals surface area contributed by atoms with Crippen molar-refractivity contribution in [2.45, 2.75) is 13.0 Å². The van der Waals surface area contributed by atoms with Gasteiger partial charge in [0.05, 0.1) is 12.1 Å². The van der Waals surface area contributed by atoms with Gasteiger partial charge in [0.25, 0.3) is 5.91 Å². The van der Waals surface area contributed by atoms with Crippen LogP contribution >= 0.6 is 0 Å². The number of benzene rings is 3. The number of carbonyl (C=O) groups is 1. The Morgan fingerprint density at radius 1 is 0.900 bits per heavy atom. The first kappa shape index (κ1) is 19.4. The molecule has 0 saturated carbocycles. The lowest BCUT2D eigenvalue weighted by atomic mass is 10.2. The van der Waals surface area contributed by atoms with E-state index in [-0.39, 0.29) is 5.88 Å². The lowest BCUT2D eigenvalue weighted by Gasteiger charge is -2.08. The van der Waals surface area contributed by atoms with E-state index in [9.17, 15) is 9.90 Å². The van der Waals surface area contributed by atoms with Crippen molar-refractivity contribution in [1.29, 1.82) is 0 Å². The van der Waals surface area contributed by atoms with Crippen LogP contribution in [-0.4, -0.2) is 22.2 Å². The van der Waals surface area contributed by atoms with Crippen molar-refractivity contribution >= 4 is 22.5 Å². The summed E-state index contributed by atoms with van der Waals surface area (Å²) in [6.45, 7) is 1.06. The fourth-order valence-corrected chi connectivity index (χ4v) is 3.26. The third-order valence-corrected chi connectivity index (χ3v) is 4.72. The number of aromatic hydroxyl groups is 1. The quantitative estimate of drug-likeness (QED) is 0.318. The van der Waals surface area contributed by atoms with Gasteiger partial charge in [-0.2, -0.15) is 0 Å². The molecule has 1 N–H and O–H groups in total. The van der Waals surface area contributed by atoms with Gasteiger partial charge in [-0.15, -0.1) is 10.2 Å². The van der Waals surface area contributed by atoms with Crippen LogP contribution in [0.2, 0.25) is 0 Å². The molecule has 1 aromatic heterocycles. The van der Waals surface area contributed by atoms with Gasteiger partial charge in [-0.1, -0.05) is 54.6 Å². The number of hydrogen-bond donors (Lipinski definition) is 1. The maximum absolute atomic E-state index is 12.3. The number of hydrogen-bond acceptors (Lipinski definition) is 4. The second kappa shape index (κ2) is 9.05. The summed E-state index contributed by atoms with van der Waals surface area (Å²) < 4.78 is 7.50. The number of nitrogens with zero attached hydrogens (tertiary/aromatic N) is 3. The molecule has 6 nitrogen and oxygen atoms in total. The summed E-state index contributed by atoms with van der Waals surface area (Å²) in [6, 6.07) is 25.8. The van der Waals surface area contributed by atoms with Crippen LogP contribution in [0.15, 0.2) is 95.2 Å². The van der Waals surface area contributed by atoms with Gasteiger partial charge in [0.15, 0.2) is 5.69 Å². The van der Waals surface area contributed by atoms with E-state index >= 15 is 0 Å². The Balaban J connectivity index is 1.52. The summed E-state index contributed by atoms with van der Waals surface area (Å²) >= 11 is 0. The Morgan fingerprint density at radius 3 is 2.33 bits per heavy atom. The Kier molecular flexibility index (Phi) is 5.85. The predicted octanol–water partition coefficient (Wildman–Crippen LogP) is 5.74. The molecule has 1 amide bonds. The fraction of sp³-hybridized carbons (Fsp3) is 0.125. The number of ether oxygens (including phenoxy) is 1. The number of aromatic nitrogens is 1. The SMILES string of the molecule is O=C(N=Nc1c(O)n(CCCOc2ccccc2)c2ccccc12)c1ccccc1. The molecule has 30 heavy (non-hydrogen) atoms. The zero-order valence-electron chi connectivity index (χ0n) is 16.3. The maximum atomic E-state index is 12.3. The van der Waals surface area contributed by atoms with Gasteiger partial charge in [0.2, 0.25) is 5.88 Å². The number of para-hydroxylation sites is 2. The second-order valence-corrected chi connectivity index (χ2v) is 6.73. The summed E-state index contributed by atoms with van der Waals surface area (Å²) in [5, 5.41) is 19.4. The normalized spacial score (nSPS) is 11.2. The van der Waals surface area contributed by atoms with Gasteiger partial charge < -0.3 is 14.4 Å². The van der Waals surface area contributed by atoms with Crippen molar-refractivity contribution < 1.29 is 14.6 Å². The Hall–Kier alpha value is -3.93. The topological polar surface area (TPSA) is 76.2 Å². The van der Waals surface area contributed by atoms with E-state index < -0.39 is 5.91 Å². The van der Waals surface area contributed by atoms with Crippen molar-refractivity contribution in [3.8, 4) is 11.6 Å². The largest absolute Gasteiger partial charge is 0.494 e. The zero-order valence-corrected chi connectivity index (χ0v) is 16.3. The van der Waals surface area contributed by atoms with Crippen molar-refractivity contribution in [2.75, 3.05) is 6.61 Å². The van der Waals surface area contributed by atoms with E-state index in [0.717, 1.165) is 16.7 Å². The molecule has 0 atom stereocenters. The smallest absolute Gasteiger partial charge is 0.295 e. The molecular weight excluding hydrogens is 378 g/mol. The molecule has 1 heterocycles. The average molecular weight is 399 g/mol. The molecule has 0 radical (unpaired) electrons. The van der Waals surface area contributed by atoms with Crippen molar-refractivity contribution in [3.63, 3.8) is 0 Å². The first-order chi connectivity index (χ1) is 14.7. The van der Waals surface area contributed by atoms with E-state index in [1.165, 1.54) is 0 Å². The summed E-state index contributed by atoms with van der Waals surface area (Å²) in [6.07, 6.45) is 0.695. The lowest BCUT2D eigenvalue weighted by Crippen LogP contribution is -2.04. The number of azo groups is 1. The lowest BCUT2D eigenvalue weighted by molar-refractivity contribution is 0.0995. The van der Waals surface area contributed by atoms with Crippen LogP contribution in [0, 0.1) is 0 Å². The molecule has 0 unspecified atom stereocenters. The summed E-state index contributed by atoms with van der Waals surface area (Å²) in [5.74, 6) is 0.344. The molecule has 6 heteroatoms. The molecule has 150 valence electrons. The minimum atomic E-state index is -0.455. The van der Waals surface area contributed by atoms with E-state index in [1.54, 1.807) is 28.8 Å². The van der Waals surface area contributed by atoms with Crippen LogP contribution in [0.25, 0.3) is 10.9 Å². The fourth-order valence-electron chi connectivity index (χ4n) is 3.26. The molecule has 0 spiro atoms. The van der Waals surface area contributed by atoms with Crippen LogP contribution in [0.4, 0.5) is 5.69 Å². The third-order valence-electron chi connectivity index (χ3n) is 4.72. The maximum Gasteiger partial charge on any atom is 0.295 e. The monoisotopic (exact) mass is 399 g/mol. The van der Waals surface area contributed by atoms with Gasteiger partial charge >= 0.3 is 0 Å². The first-order valence-electron chi connectivity index (χ1n) is 9.73. The molecular formula is C24H21N3O3. The van der Waals surface area contributed by atoms with Crippen LogP contribution in [0.3, 0.4) is 0 Å². The number of amides is 1. The van der Waals surface area contributed by atoms with Gasteiger partial charge in [-0.3, -0.25) is 4.79 Å². The Bertz CT molecular complexity index is 1170. The molecule has 0 aliphatic heterocycles. The predicted molar refractivity (Wildman–Crippen MR) is 115 cm³/mol. The number of aryl methyl sites for hydroxylation is 1. The molecule has 0 aliphatic rings. The molecule has 3 aromatic carbocycles. The van der Waals surface area contributed by atoms with Crippen LogP contribution in [-0.2, 0) is 6.54 Å². The van der Waals surface area contributed by atoms with E-state index in [4.69, 9.17) is 4.74 Å². The average Bonchev–Trinajstić information content (AvgIpc) is 3.07. The highest BCUT2D eigenvalue weighted by Gasteiger charge is 2.16. The number of fused-ring (bicyclic) bond motifs is 1. The van der Waals surface area contributed by atoms with Crippen molar-refractivity contribution in [2.24, 2.45) is 10.2 Å². The van der Waals surface area contributed by atoms with E-state index in [2.05, 4.69) is 10.2 Å². The Morgan fingerprint density at radius 2 is 1.57 bits per heavy atom. The highest BCUT2D eigenvalue weighted by atomic mass is 16.5. The van der Waals surface area contributed by atoms with Gasteiger partial charge in [0, 0.05) is 17.5 Å². The minimum Gasteiger partial charge on any atom is -0.494 e. The third kappa shape index (κ3) is 4.22. The first-order valence-corrected chi connectivity index (χ1v) is 9.73. The van der Waals surface area contributed by atoms with Gasteiger partial charge in [0.1, 0.15) is 5.75 Å².